The molecule has 0 spiro atoms. The maximum atomic E-state index is 6.56. The van der Waals surface area contributed by atoms with E-state index in [1.165, 1.54) is 0 Å². The fourth-order valence-corrected chi connectivity index (χ4v) is 2.76. The number of benzene rings is 1. The standard InChI is InChI=1S/C15H15BrClNO/c1-10(13-5-3-4-8-18-13)15(17)11-6-7-14(19-2)12(16)9-11/h3-10,15H,1-2H3. The highest BCUT2D eigenvalue weighted by atomic mass is 79.9. The first-order valence-electron chi connectivity index (χ1n) is 6.02. The quantitative estimate of drug-likeness (QED) is 0.736. The van der Waals surface area contributed by atoms with E-state index in [-0.39, 0.29) is 11.3 Å². The number of methoxy groups -OCH3 is 1. The molecule has 0 saturated carbocycles. The first kappa shape index (κ1) is 14.4. The van der Waals surface area contributed by atoms with Crippen molar-refractivity contribution in [2.75, 3.05) is 7.11 Å². The molecule has 0 aliphatic rings. The largest absolute Gasteiger partial charge is 0.496 e. The van der Waals surface area contributed by atoms with Crippen LogP contribution >= 0.6 is 27.5 Å². The van der Waals surface area contributed by atoms with Crippen molar-refractivity contribution in [2.45, 2.75) is 18.2 Å². The van der Waals surface area contributed by atoms with Gasteiger partial charge in [0.05, 0.1) is 17.0 Å². The number of hydrogen-bond acceptors (Lipinski definition) is 2. The van der Waals surface area contributed by atoms with Gasteiger partial charge in [0, 0.05) is 17.8 Å². The van der Waals surface area contributed by atoms with E-state index in [2.05, 4.69) is 27.8 Å². The number of ether oxygens (including phenoxy) is 1. The number of nitrogens with zero attached hydrogens (tertiary/aromatic N) is 1. The molecule has 2 aromatic rings. The van der Waals surface area contributed by atoms with Crippen LogP contribution in [0.1, 0.15) is 29.5 Å². The van der Waals surface area contributed by atoms with Crippen LogP contribution in [0.4, 0.5) is 0 Å². The Morgan fingerprint density at radius 3 is 2.63 bits per heavy atom. The van der Waals surface area contributed by atoms with E-state index >= 15 is 0 Å². The minimum atomic E-state index is -0.128. The lowest BCUT2D eigenvalue weighted by atomic mass is 9.97. The fourth-order valence-electron chi connectivity index (χ4n) is 1.94. The van der Waals surface area contributed by atoms with Gasteiger partial charge in [0.15, 0.2) is 0 Å². The van der Waals surface area contributed by atoms with Crippen molar-refractivity contribution in [3.05, 3.63) is 58.3 Å². The van der Waals surface area contributed by atoms with Crippen LogP contribution in [0, 0.1) is 0 Å². The molecule has 0 aliphatic carbocycles. The van der Waals surface area contributed by atoms with Gasteiger partial charge in [-0.2, -0.15) is 0 Å². The minimum Gasteiger partial charge on any atom is -0.496 e. The lowest BCUT2D eigenvalue weighted by Gasteiger charge is -2.18. The van der Waals surface area contributed by atoms with Crippen LogP contribution in [0.3, 0.4) is 0 Å². The topological polar surface area (TPSA) is 22.1 Å². The van der Waals surface area contributed by atoms with E-state index in [9.17, 15) is 0 Å². The van der Waals surface area contributed by atoms with Gasteiger partial charge in [-0.25, -0.2) is 0 Å². The summed E-state index contributed by atoms with van der Waals surface area (Å²) in [5.74, 6) is 0.946. The molecule has 1 aromatic heterocycles. The van der Waals surface area contributed by atoms with Crippen molar-refractivity contribution in [1.29, 1.82) is 0 Å². The number of halogens is 2. The minimum absolute atomic E-state index is 0.128. The van der Waals surface area contributed by atoms with Crippen LogP contribution in [0.25, 0.3) is 0 Å². The van der Waals surface area contributed by atoms with Crippen molar-refractivity contribution in [3.8, 4) is 5.75 Å². The molecule has 2 atom stereocenters. The average molecular weight is 341 g/mol. The first-order valence-corrected chi connectivity index (χ1v) is 7.25. The molecule has 1 heterocycles. The second kappa shape index (κ2) is 6.40. The summed E-state index contributed by atoms with van der Waals surface area (Å²) in [7, 11) is 1.65. The third-order valence-electron chi connectivity index (χ3n) is 3.09. The molecule has 4 heteroatoms. The summed E-state index contributed by atoms with van der Waals surface area (Å²) in [6.45, 7) is 2.08. The number of rotatable bonds is 4. The molecule has 0 N–H and O–H groups in total. The van der Waals surface area contributed by atoms with Gasteiger partial charge in [-0.1, -0.05) is 19.1 Å². The van der Waals surface area contributed by atoms with E-state index in [4.69, 9.17) is 16.3 Å². The van der Waals surface area contributed by atoms with Crippen LogP contribution in [-0.4, -0.2) is 12.1 Å². The van der Waals surface area contributed by atoms with E-state index in [0.29, 0.717) is 0 Å². The maximum absolute atomic E-state index is 6.56. The van der Waals surface area contributed by atoms with Crippen LogP contribution in [0.2, 0.25) is 0 Å². The third-order valence-corrected chi connectivity index (χ3v) is 4.34. The summed E-state index contributed by atoms with van der Waals surface area (Å²) >= 11 is 10.0. The van der Waals surface area contributed by atoms with Gasteiger partial charge in [-0.05, 0) is 45.8 Å². The highest BCUT2D eigenvalue weighted by Crippen LogP contribution is 2.38. The van der Waals surface area contributed by atoms with Crippen molar-refractivity contribution in [2.24, 2.45) is 0 Å². The van der Waals surface area contributed by atoms with Crippen molar-refractivity contribution < 1.29 is 4.74 Å². The highest BCUT2D eigenvalue weighted by molar-refractivity contribution is 9.10. The summed E-state index contributed by atoms with van der Waals surface area (Å²) < 4.78 is 6.13. The number of hydrogen-bond donors (Lipinski definition) is 0. The predicted octanol–water partition coefficient (Wildman–Crippen LogP) is 4.94. The lowest BCUT2D eigenvalue weighted by Crippen LogP contribution is -2.04. The molecule has 0 saturated heterocycles. The average Bonchev–Trinajstić information content (AvgIpc) is 2.46. The Kier molecular flexibility index (Phi) is 4.83. The molecule has 19 heavy (non-hydrogen) atoms. The molecule has 0 bridgehead atoms. The fraction of sp³-hybridized carbons (Fsp3) is 0.267. The molecule has 100 valence electrons. The molecule has 0 fully saturated rings. The Hall–Kier alpha value is -1.06. The predicted molar refractivity (Wildman–Crippen MR) is 81.9 cm³/mol. The van der Waals surface area contributed by atoms with E-state index in [1.807, 2.05) is 36.4 Å². The Bertz CT molecular complexity index is 547. The van der Waals surface area contributed by atoms with Gasteiger partial charge in [0.1, 0.15) is 5.75 Å². The highest BCUT2D eigenvalue weighted by Gasteiger charge is 2.20. The van der Waals surface area contributed by atoms with E-state index in [0.717, 1.165) is 21.5 Å². The summed E-state index contributed by atoms with van der Waals surface area (Å²) in [5, 5.41) is -0.128. The van der Waals surface area contributed by atoms with Crippen molar-refractivity contribution >= 4 is 27.5 Å². The van der Waals surface area contributed by atoms with Crippen LogP contribution in [0.5, 0.6) is 5.75 Å². The SMILES string of the molecule is COc1ccc(C(Cl)C(C)c2ccccn2)cc1Br. The monoisotopic (exact) mass is 339 g/mol. The summed E-state index contributed by atoms with van der Waals surface area (Å²) in [5.41, 5.74) is 2.04. The van der Waals surface area contributed by atoms with Crippen molar-refractivity contribution in [3.63, 3.8) is 0 Å². The molecule has 2 nitrogen and oxygen atoms in total. The van der Waals surface area contributed by atoms with Crippen LogP contribution in [-0.2, 0) is 0 Å². The first-order chi connectivity index (χ1) is 9.13. The van der Waals surface area contributed by atoms with E-state index < -0.39 is 0 Å². The van der Waals surface area contributed by atoms with Gasteiger partial charge in [0.25, 0.3) is 0 Å². The third kappa shape index (κ3) is 3.28. The second-order valence-corrected chi connectivity index (χ2v) is 5.66. The van der Waals surface area contributed by atoms with E-state index in [1.54, 1.807) is 13.3 Å². The molecular formula is C15H15BrClNO. The zero-order chi connectivity index (χ0) is 13.8. The molecule has 0 amide bonds. The molecule has 0 aliphatic heterocycles. The molecule has 2 rings (SSSR count). The molecule has 0 radical (unpaired) electrons. The maximum Gasteiger partial charge on any atom is 0.133 e. The summed E-state index contributed by atoms with van der Waals surface area (Å²) in [6, 6.07) is 11.8. The number of aromatic nitrogens is 1. The Balaban J connectivity index is 2.24. The van der Waals surface area contributed by atoms with Gasteiger partial charge in [-0.3, -0.25) is 4.98 Å². The Morgan fingerprint density at radius 2 is 2.05 bits per heavy atom. The number of pyridine rings is 1. The molecular weight excluding hydrogens is 326 g/mol. The molecule has 1 aromatic carbocycles. The van der Waals surface area contributed by atoms with Gasteiger partial charge in [0.2, 0.25) is 0 Å². The zero-order valence-electron chi connectivity index (χ0n) is 10.8. The Morgan fingerprint density at radius 1 is 1.26 bits per heavy atom. The summed E-state index contributed by atoms with van der Waals surface area (Å²) in [6.07, 6.45) is 1.79. The number of alkyl halides is 1. The van der Waals surface area contributed by atoms with Crippen molar-refractivity contribution in [1.82, 2.24) is 4.98 Å². The smallest absolute Gasteiger partial charge is 0.133 e. The van der Waals surface area contributed by atoms with Gasteiger partial charge in [-0.15, -0.1) is 11.6 Å². The normalized spacial score (nSPS) is 13.9. The second-order valence-electron chi connectivity index (χ2n) is 4.34. The van der Waals surface area contributed by atoms with Crippen LogP contribution < -0.4 is 4.74 Å². The van der Waals surface area contributed by atoms with Crippen LogP contribution in [0.15, 0.2) is 47.1 Å². The van der Waals surface area contributed by atoms with Gasteiger partial charge >= 0.3 is 0 Å². The lowest BCUT2D eigenvalue weighted by molar-refractivity contribution is 0.412. The zero-order valence-corrected chi connectivity index (χ0v) is 13.1. The van der Waals surface area contributed by atoms with Gasteiger partial charge < -0.3 is 4.74 Å². The summed E-state index contributed by atoms with van der Waals surface area (Å²) in [4.78, 5) is 4.36. The molecule has 2 unspecified atom stereocenters. The Labute approximate surface area is 126 Å².